The summed E-state index contributed by atoms with van der Waals surface area (Å²) in [7, 11) is 0. The van der Waals surface area contributed by atoms with Crippen LogP contribution in [0.3, 0.4) is 0 Å². The molecule has 0 unspecified atom stereocenters. The zero-order valence-electron chi connectivity index (χ0n) is 13.2. The molecular weight excluding hydrogens is 314 g/mol. The van der Waals surface area contributed by atoms with Crippen molar-refractivity contribution in [3.8, 4) is 11.5 Å². The van der Waals surface area contributed by atoms with E-state index >= 15 is 0 Å². The van der Waals surface area contributed by atoms with Crippen molar-refractivity contribution in [2.45, 2.75) is 13.8 Å². The van der Waals surface area contributed by atoms with E-state index in [1.54, 1.807) is 19.9 Å². The molecule has 0 fully saturated rings. The maximum atomic E-state index is 11.6. The van der Waals surface area contributed by atoms with Crippen molar-refractivity contribution in [3.63, 3.8) is 0 Å². The third-order valence-electron chi connectivity index (χ3n) is 3.31. The molecule has 24 heavy (non-hydrogen) atoms. The number of hydrazone groups is 1. The number of rotatable bonds is 5. The van der Waals surface area contributed by atoms with Crippen LogP contribution in [0.2, 0.25) is 0 Å². The number of furan rings is 1. The molecule has 0 radical (unpaired) electrons. The van der Waals surface area contributed by atoms with E-state index < -0.39 is 11.8 Å². The first-order valence-corrected chi connectivity index (χ1v) is 7.06. The summed E-state index contributed by atoms with van der Waals surface area (Å²) < 4.78 is 4.89. The molecule has 0 saturated carbocycles. The van der Waals surface area contributed by atoms with Crippen LogP contribution < -0.4 is 10.7 Å². The molecule has 0 aliphatic carbocycles. The number of amides is 2. The maximum absolute atomic E-state index is 11.6. The van der Waals surface area contributed by atoms with E-state index in [0.29, 0.717) is 16.7 Å². The lowest BCUT2D eigenvalue weighted by Gasteiger charge is -2.08. The minimum Gasteiger partial charge on any atom is -0.508 e. The van der Waals surface area contributed by atoms with Crippen molar-refractivity contribution in [2.24, 2.45) is 5.10 Å². The van der Waals surface area contributed by atoms with Gasteiger partial charge in [-0.1, -0.05) is 0 Å². The van der Waals surface area contributed by atoms with Crippen molar-refractivity contribution in [3.05, 3.63) is 46.9 Å². The van der Waals surface area contributed by atoms with Gasteiger partial charge < -0.3 is 19.9 Å². The van der Waals surface area contributed by atoms with E-state index in [4.69, 9.17) is 4.42 Å². The molecule has 1 aromatic heterocycles. The number of aryl methyl sites for hydroxylation is 1. The molecule has 0 atom stereocenters. The summed E-state index contributed by atoms with van der Waals surface area (Å²) in [6, 6.07) is 4.53. The Kier molecular flexibility index (Phi) is 5.20. The largest absolute Gasteiger partial charge is 0.508 e. The number of phenols is 2. The molecule has 0 aliphatic rings. The summed E-state index contributed by atoms with van der Waals surface area (Å²) in [6.07, 6.45) is 2.62. The highest BCUT2D eigenvalue weighted by atomic mass is 16.3. The van der Waals surface area contributed by atoms with Crippen LogP contribution in [0.1, 0.15) is 27.2 Å². The first-order chi connectivity index (χ1) is 11.4. The third-order valence-corrected chi connectivity index (χ3v) is 3.31. The second-order valence-electron chi connectivity index (χ2n) is 5.05. The van der Waals surface area contributed by atoms with Gasteiger partial charge in [0.2, 0.25) is 0 Å². The number of aromatic hydroxyl groups is 2. The van der Waals surface area contributed by atoms with Gasteiger partial charge in [-0.05, 0) is 37.6 Å². The maximum Gasteiger partial charge on any atom is 0.287 e. The number of carbonyl (C=O) groups excluding carboxylic acids is 2. The smallest absolute Gasteiger partial charge is 0.287 e. The SMILES string of the molecule is Cc1cc(O)c(C)c(O)c1C=NNC(=O)CNC(=O)c1ccco1. The van der Waals surface area contributed by atoms with E-state index in [-0.39, 0.29) is 23.8 Å². The summed E-state index contributed by atoms with van der Waals surface area (Å²) >= 11 is 0. The van der Waals surface area contributed by atoms with Crippen LogP contribution in [-0.4, -0.2) is 34.8 Å². The molecule has 0 aliphatic heterocycles. The number of benzene rings is 1. The summed E-state index contributed by atoms with van der Waals surface area (Å²) in [5, 5.41) is 25.7. The van der Waals surface area contributed by atoms with Crippen LogP contribution in [0, 0.1) is 13.8 Å². The number of hydrogen-bond donors (Lipinski definition) is 4. The average Bonchev–Trinajstić information content (AvgIpc) is 3.08. The lowest BCUT2D eigenvalue weighted by molar-refractivity contribution is -0.120. The minimum absolute atomic E-state index is 0.0215. The third kappa shape index (κ3) is 3.92. The lowest BCUT2D eigenvalue weighted by atomic mass is 10.0. The van der Waals surface area contributed by atoms with E-state index in [1.807, 2.05) is 0 Å². The number of nitrogens with one attached hydrogen (secondary N) is 2. The Labute approximate surface area is 137 Å². The van der Waals surface area contributed by atoms with E-state index in [9.17, 15) is 19.8 Å². The van der Waals surface area contributed by atoms with Gasteiger partial charge in [-0.2, -0.15) is 5.10 Å². The van der Waals surface area contributed by atoms with Crippen molar-refractivity contribution in [1.82, 2.24) is 10.7 Å². The molecule has 8 heteroatoms. The van der Waals surface area contributed by atoms with Gasteiger partial charge in [-0.15, -0.1) is 0 Å². The summed E-state index contributed by atoms with van der Waals surface area (Å²) in [4.78, 5) is 23.2. The van der Waals surface area contributed by atoms with Crippen LogP contribution in [0.15, 0.2) is 34.0 Å². The highest BCUT2D eigenvalue weighted by Crippen LogP contribution is 2.31. The van der Waals surface area contributed by atoms with Gasteiger partial charge in [-0.3, -0.25) is 9.59 Å². The standard InChI is InChI=1S/C16H17N3O5/c1-9-6-12(20)10(2)15(22)11(9)7-18-19-14(21)8-17-16(23)13-4-3-5-24-13/h3-7,20,22H,8H2,1-2H3,(H,17,23)(H,19,21). The minimum atomic E-state index is -0.543. The topological polar surface area (TPSA) is 124 Å². The Morgan fingerprint density at radius 3 is 2.75 bits per heavy atom. The van der Waals surface area contributed by atoms with Crippen molar-refractivity contribution >= 4 is 18.0 Å². The second kappa shape index (κ2) is 7.32. The Morgan fingerprint density at radius 2 is 2.08 bits per heavy atom. The van der Waals surface area contributed by atoms with Crippen LogP contribution in [0.4, 0.5) is 0 Å². The Bertz CT molecular complexity index is 782. The monoisotopic (exact) mass is 331 g/mol. The predicted octanol–water partition coefficient (Wildman–Crippen LogP) is 1.19. The fourth-order valence-electron chi connectivity index (χ4n) is 1.93. The molecular formula is C16H17N3O5. The molecule has 2 aromatic rings. The first kappa shape index (κ1) is 17.1. The quantitative estimate of drug-likeness (QED) is 0.484. The predicted molar refractivity (Wildman–Crippen MR) is 86.0 cm³/mol. The van der Waals surface area contributed by atoms with Gasteiger partial charge in [0.05, 0.1) is 19.0 Å². The number of carbonyl (C=O) groups is 2. The van der Waals surface area contributed by atoms with Crippen LogP contribution in [0.25, 0.3) is 0 Å². The van der Waals surface area contributed by atoms with Gasteiger partial charge in [-0.25, -0.2) is 5.43 Å². The Hall–Kier alpha value is -3.29. The molecule has 0 spiro atoms. The Balaban J connectivity index is 1.91. The zero-order chi connectivity index (χ0) is 17.7. The fourth-order valence-corrected chi connectivity index (χ4v) is 1.93. The zero-order valence-corrected chi connectivity index (χ0v) is 13.2. The molecule has 126 valence electrons. The normalized spacial score (nSPS) is 10.8. The van der Waals surface area contributed by atoms with E-state index in [1.165, 1.54) is 24.6 Å². The highest BCUT2D eigenvalue weighted by Gasteiger charge is 2.11. The molecule has 0 bridgehead atoms. The lowest BCUT2D eigenvalue weighted by Crippen LogP contribution is -2.34. The van der Waals surface area contributed by atoms with Crippen molar-refractivity contribution in [1.29, 1.82) is 0 Å². The van der Waals surface area contributed by atoms with Gasteiger partial charge in [0.1, 0.15) is 11.5 Å². The number of hydrogen-bond acceptors (Lipinski definition) is 6. The number of phenolic OH excluding ortho intramolecular Hbond substituents is 2. The molecule has 2 rings (SSSR count). The van der Waals surface area contributed by atoms with Crippen molar-refractivity contribution in [2.75, 3.05) is 6.54 Å². The van der Waals surface area contributed by atoms with Crippen LogP contribution in [0.5, 0.6) is 11.5 Å². The Morgan fingerprint density at radius 1 is 1.33 bits per heavy atom. The second-order valence-corrected chi connectivity index (χ2v) is 5.05. The summed E-state index contributed by atoms with van der Waals surface area (Å²) in [5.74, 6) is -1.09. The van der Waals surface area contributed by atoms with Crippen LogP contribution in [-0.2, 0) is 4.79 Å². The molecule has 8 nitrogen and oxygen atoms in total. The van der Waals surface area contributed by atoms with Crippen LogP contribution >= 0.6 is 0 Å². The van der Waals surface area contributed by atoms with E-state index in [0.717, 1.165) is 0 Å². The molecule has 1 aromatic carbocycles. The molecule has 1 heterocycles. The summed E-state index contributed by atoms with van der Waals surface area (Å²) in [6.45, 7) is 2.96. The first-order valence-electron chi connectivity index (χ1n) is 7.06. The molecule has 4 N–H and O–H groups in total. The fraction of sp³-hybridized carbons (Fsp3) is 0.188. The van der Waals surface area contributed by atoms with Gasteiger partial charge in [0.25, 0.3) is 11.8 Å². The van der Waals surface area contributed by atoms with E-state index in [2.05, 4.69) is 15.8 Å². The van der Waals surface area contributed by atoms with Gasteiger partial charge >= 0.3 is 0 Å². The average molecular weight is 331 g/mol. The summed E-state index contributed by atoms with van der Waals surface area (Å²) in [5.41, 5.74) is 3.53. The molecule has 0 saturated heterocycles. The van der Waals surface area contributed by atoms with Gasteiger partial charge in [0, 0.05) is 11.1 Å². The van der Waals surface area contributed by atoms with Gasteiger partial charge in [0.15, 0.2) is 5.76 Å². The van der Waals surface area contributed by atoms with Crippen molar-refractivity contribution < 1.29 is 24.2 Å². The highest BCUT2D eigenvalue weighted by molar-refractivity contribution is 5.94. The molecule has 2 amide bonds. The number of nitrogens with zero attached hydrogens (tertiary/aromatic N) is 1.